The third-order valence-electron chi connectivity index (χ3n) is 7.02. The zero-order chi connectivity index (χ0) is 36.7. The quantitative estimate of drug-likeness (QED) is 0.0606. The van der Waals surface area contributed by atoms with Crippen LogP contribution in [-0.4, -0.2) is 86.3 Å². The van der Waals surface area contributed by atoms with Crippen molar-refractivity contribution in [1.29, 1.82) is 0 Å². The van der Waals surface area contributed by atoms with E-state index in [2.05, 4.69) is 31.2 Å². The van der Waals surface area contributed by atoms with Gasteiger partial charge in [0.15, 0.2) is 0 Å². The number of nitrogens with two attached hydrogens (primary N) is 4. The summed E-state index contributed by atoms with van der Waals surface area (Å²) in [6, 6.07) is 1.56. The third kappa shape index (κ3) is 13.6. The second kappa shape index (κ2) is 18.8. The minimum absolute atomic E-state index is 0.0451. The lowest BCUT2D eigenvalue weighted by molar-refractivity contribution is -0.143. The van der Waals surface area contributed by atoms with E-state index in [1.165, 1.54) is 12.1 Å². The number of nitrogens with zero attached hydrogens (tertiary/aromatic N) is 1. The first-order chi connectivity index (χ1) is 23.1. The average molecular weight is 689 g/mol. The molecule has 2 aromatic rings. The van der Waals surface area contributed by atoms with Gasteiger partial charge in [-0.2, -0.15) is 4.98 Å². The number of benzene rings is 1. The number of hydrogen-bond acceptors (Lipinski definition) is 12. The van der Waals surface area contributed by atoms with E-state index in [1.807, 2.05) is 0 Å². The molecule has 3 atom stereocenters. The molecule has 15 N–H and O–H groups in total. The lowest BCUT2D eigenvalue weighted by Gasteiger charge is -2.24. The molecule has 20 nitrogen and oxygen atoms in total. The summed E-state index contributed by atoms with van der Waals surface area (Å²) in [4.78, 5) is 103. The third-order valence-corrected chi connectivity index (χ3v) is 7.02. The molecule has 0 aliphatic heterocycles. The van der Waals surface area contributed by atoms with Crippen LogP contribution in [0.1, 0.15) is 60.9 Å². The Morgan fingerprint density at radius 2 is 1.31 bits per heavy atom. The number of nitrogen functional groups attached to an aromatic ring is 2. The Kier molecular flexibility index (Phi) is 15.0. The summed E-state index contributed by atoms with van der Waals surface area (Å²) in [6.07, 6.45) is -1.56. The molecule has 0 fully saturated rings. The van der Waals surface area contributed by atoms with Crippen molar-refractivity contribution in [3.63, 3.8) is 0 Å². The number of hydrogen-bond donors (Lipinski definition) is 11. The van der Waals surface area contributed by atoms with Gasteiger partial charge in [0.2, 0.25) is 29.6 Å². The van der Waals surface area contributed by atoms with E-state index in [0.29, 0.717) is 30.6 Å². The predicted molar refractivity (Wildman–Crippen MR) is 173 cm³/mol. The average Bonchev–Trinajstić information content (AvgIpc) is 3.01. The largest absolute Gasteiger partial charge is 0.481 e. The van der Waals surface area contributed by atoms with Gasteiger partial charge in [0.25, 0.3) is 11.5 Å². The molecule has 2 rings (SSSR count). The second-order valence-electron chi connectivity index (χ2n) is 10.9. The maximum absolute atomic E-state index is 13.3. The van der Waals surface area contributed by atoms with Crippen LogP contribution in [0, 0.1) is 0 Å². The SMILES string of the molecule is NC(=O)CC[C@H](NC(=O)c1ccc(NCCCc2c(N)nc(N)[nH]c2=O)cc1)C(=O)N[C@@H](CCC(N)=O)C(=O)N[C@@H](CCC(=O)O)C(=O)O. The van der Waals surface area contributed by atoms with E-state index < -0.39 is 84.4 Å². The molecule has 0 bridgehead atoms. The van der Waals surface area contributed by atoms with Crippen molar-refractivity contribution < 1.29 is 43.8 Å². The number of aromatic nitrogens is 2. The van der Waals surface area contributed by atoms with Gasteiger partial charge in [0.1, 0.15) is 23.9 Å². The molecule has 5 amide bonds. The lowest BCUT2D eigenvalue weighted by atomic mass is 10.1. The number of carbonyl (C=O) groups excluding carboxylic acids is 5. The predicted octanol–water partition coefficient (Wildman–Crippen LogP) is -2.47. The highest BCUT2D eigenvalue weighted by Crippen LogP contribution is 2.12. The maximum atomic E-state index is 13.3. The fourth-order valence-corrected chi connectivity index (χ4v) is 4.43. The van der Waals surface area contributed by atoms with Gasteiger partial charge in [0, 0.05) is 37.1 Å². The topological polar surface area (TPSA) is 358 Å². The van der Waals surface area contributed by atoms with E-state index in [0.717, 1.165) is 0 Å². The minimum Gasteiger partial charge on any atom is -0.481 e. The van der Waals surface area contributed by atoms with Crippen LogP contribution in [0.3, 0.4) is 0 Å². The number of amides is 5. The summed E-state index contributed by atoms with van der Waals surface area (Å²) >= 11 is 0. The highest BCUT2D eigenvalue weighted by molar-refractivity contribution is 5.99. The maximum Gasteiger partial charge on any atom is 0.326 e. The fraction of sp³-hybridized carbons (Fsp3) is 0.414. The summed E-state index contributed by atoms with van der Waals surface area (Å²) in [6.45, 7) is 0.432. The molecule has 1 aromatic heterocycles. The van der Waals surface area contributed by atoms with Crippen LogP contribution in [-0.2, 0) is 35.2 Å². The summed E-state index contributed by atoms with van der Waals surface area (Å²) in [5.74, 6) is -7.20. The smallest absolute Gasteiger partial charge is 0.326 e. The van der Waals surface area contributed by atoms with Gasteiger partial charge in [-0.1, -0.05) is 0 Å². The van der Waals surface area contributed by atoms with Gasteiger partial charge in [-0.3, -0.25) is 38.5 Å². The van der Waals surface area contributed by atoms with Crippen molar-refractivity contribution in [1.82, 2.24) is 25.9 Å². The Morgan fingerprint density at radius 3 is 1.82 bits per heavy atom. The van der Waals surface area contributed by atoms with E-state index in [9.17, 15) is 43.5 Å². The standard InChI is InChI=1S/C29H40N10O10/c30-20(40)10-7-17(26(46)36-18(8-11-21(31)41)27(47)37-19(28(48)49)9-12-22(42)43)35-24(44)14-3-5-15(6-4-14)34-13-1-2-16-23(32)38-29(33)39-25(16)45/h3-6,17-19,34H,1-2,7-13H2,(H2,30,40)(H2,31,41)(H,35,44)(H,36,46)(H,37,47)(H,42,43)(H,48,49)(H5,32,33,38,39,45)/t17-,18-,19-/m0/s1. The molecule has 1 aromatic carbocycles. The lowest BCUT2D eigenvalue weighted by Crippen LogP contribution is -2.56. The minimum atomic E-state index is -1.62. The molecule has 266 valence electrons. The molecule has 0 spiro atoms. The molecule has 0 aliphatic rings. The van der Waals surface area contributed by atoms with Crippen molar-refractivity contribution in [3.05, 3.63) is 45.7 Å². The number of carboxylic acid groups (broad SMARTS) is 2. The normalized spacial score (nSPS) is 12.5. The number of primary amides is 2. The number of carboxylic acids is 2. The molecular formula is C29H40N10O10. The Hall–Kier alpha value is -6.21. The number of H-pyrrole nitrogens is 1. The van der Waals surface area contributed by atoms with Crippen LogP contribution in [0.4, 0.5) is 17.5 Å². The zero-order valence-corrected chi connectivity index (χ0v) is 26.3. The number of aliphatic carboxylic acids is 2. The van der Waals surface area contributed by atoms with E-state index >= 15 is 0 Å². The highest BCUT2D eigenvalue weighted by Gasteiger charge is 2.30. The van der Waals surface area contributed by atoms with Crippen LogP contribution >= 0.6 is 0 Å². The van der Waals surface area contributed by atoms with Gasteiger partial charge < -0.3 is 54.4 Å². The monoisotopic (exact) mass is 688 g/mol. The van der Waals surface area contributed by atoms with Gasteiger partial charge in [-0.15, -0.1) is 0 Å². The summed E-state index contributed by atoms with van der Waals surface area (Å²) in [7, 11) is 0. The fourth-order valence-electron chi connectivity index (χ4n) is 4.43. The molecule has 49 heavy (non-hydrogen) atoms. The van der Waals surface area contributed by atoms with Gasteiger partial charge in [-0.05, 0) is 56.4 Å². The van der Waals surface area contributed by atoms with Crippen molar-refractivity contribution in [2.24, 2.45) is 11.5 Å². The van der Waals surface area contributed by atoms with Crippen LogP contribution in [0.25, 0.3) is 0 Å². The van der Waals surface area contributed by atoms with Crippen LogP contribution in [0.15, 0.2) is 29.1 Å². The zero-order valence-electron chi connectivity index (χ0n) is 26.3. The summed E-state index contributed by atoms with van der Waals surface area (Å²) < 4.78 is 0. The van der Waals surface area contributed by atoms with E-state index in [1.54, 1.807) is 12.1 Å². The summed E-state index contributed by atoms with van der Waals surface area (Å²) in [5, 5.41) is 28.3. The second-order valence-corrected chi connectivity index (χ2v) is 10.9. The Morgan fingerprint density at radius 1 is 0.776 bits per heavy atom. The van der Waals surface area contributed by atoms with E-state index in [-0.39, 0.29) is 36.6 Å². The molecule has 0 aliphatic carbocycles. The number of rotatable bonds is 21. The van der Waals surface area contributed by atoms with Crippen molar-refractivity contribution in [3.8, 4) is 0 Å². The Balaban J connectivity index is 2.09. The van der Waals surface area contributed by atoms with Crippen LogP contribution < -0.4 is 49.8 Å². The van der Waals surface area contributed by atoms with Gasteiger partial charge >= 0.3 is 11.9 Å². The molecule has 0 unspecified atom stereocenters. The first kappa shape index (κ1) is 39.0. The first-order valence-corrected chi connectivity index (χ1v) is 15.0. The number of nitrogens with one attached hydrogen (secondary N) is 5. The van der Waals surface area contributed by atoms with Crippen molar-refractivity contribution in [2.75, 3.05) is 23.3 Å². The number of carbonyl (C=O) groups is 7. The summed E-state index contributed by atoms with van der Waals surface area (Å²) in [5.41, 5.74) is 22.3. The van der Waals surface area contributed by atoms with Crippen molar-refractivity contribution in [2.45, 2.75) is 69.5 Å². The van der Waals surface area contributed by atoms with Crippen molar-refractivity contribution >= 4 is 58.9 Å². The molecule has 20 heteroatoms. The van der Waals surface area contributed by atoms with Crippen LogP contribution in [0.2, 0.25) is 0 Å². The molecule has 0 radical (unpaired) electrons. The van der Waals surface area contributed by atoms with Crippen LogP contribution in [0.5, 0.6) is 0 Å². The van der Waals surface area contributed by atoms with Gasteiger partial charge in [-0.25, -0.2) is 4.79 Å². The number of anilines is 3. The van der Waals surface area contributed by atoms with Gasteiger partial charge in [0.05, 0.1) is 5.56 Å². The molecule has 1 heterocycles. The highest BCUT2D eigenvalue weighted by atomic mass is 16.4. The molecular weight excluding hydrogens is 648 g/mol. The number of aromatic amines is 1. The molecule has 0 saturated heterocycles. The first-order valence-electron chi connectivity index (χ1n) is 15.0. The Labute approximate surface area is 278 Å². The van der Waals surface area contributed by atoms with E-state index in [4.69, 9.17) is 28.0 Å². The molecule has 0 saturated carbocycles. The Bertz CT molecular complexity index is 1600.